The van der Waals surface area contributed by atoms with Crippen molar-refractivity contribution >= 4 is 5.69 Å². The van der Waals surface area contributed by atoms with Gasteiger partial charge in [-0.3, -0.25) is 10.1 Å². The van der Waals surface area contributed by atoms with E-state index in [4.69, 9.17) is 5.73 Å². The molecule has 0 aromatic heterocycles. The SMILES string of the molecule is Cc1cccc(C(O)C(O)CCN)c1[N+](=O)[O-]. The molecule has 0 spiro atoms. The molecule has 0 amide bonds. The third-order valence-corrected chi connectivity index (χ3v) is 2.60. The van der Waals surface area contributed by atoms with E-state index in [-0.39, 0.29) is 24.2 Å². The Hall–Kier alpha value is -1.50. The van der Waals surface area contributed by atoms with E-state index in [1.54, 1.807) is 19.1 Å². The number of aliphatic hydroxyl groups excluding tert-OH is 2. The Bertz CT molecular complexity index is 408. The fourth-order valence-electron chi connectivity index (χ4n) is 1.71. The van der Waals surface area contributed by atoms with E-state index in [0.29, 0.717) is 5.56 Å². The zero-order valence-corrected chi connectivity index (χ0v) is 9.54. The van der Waals surface area contributed by atoms with Crippen LogP contribution in [-0.2, 0) is 0 Å². The van der Waals surface area contributed by atoms with Gasteiger partial charge >= 0.3 is 0 Å². The van der Waals surface area contributed by atoms with Crippen LogP contribution in [0.2, 0.25) is 0 Å². The summed E-state index contributed by atoms with van der Waals surface area (Å²) in [6.07, 6.45) is -2.20. The second-order valence-electron chi connectivity index (χ2n) is 3.86. The average Bonchev–Trinajstić information content (AvgIpc) is 2.27. The molecule has 1 aromatic carbocycles. The zero-order valence-electron chi connectivity index (χ0n) is 9.54. The maximum absolute atomic E-state index is 10.9. The van der Waals surface area contributed by atoms with Crippen LogP contribution in [0.1, 0.15) is 23.7 Å². The molecule has 94 valence electrons. The van der Waals surface area contributed by atoms with Crippen LogP contribution in [0.5, 0.6) is 0 Å². The van der Waals surface area contributed by atoms with E-state index < -0.39 is 17.1 Å². The summed E-state index contributed by atoms with van der Waals surface area (Å²) in [5, 5.41) is 30.4. The Labute approximate surface area is 98.8 Å². The predicted octanol–water partition coefficient (Wildman–Crippen LogP) is 0.646. The molecule has 0 fully saturated rings. The van der Waals surface area contributed by atoms with E-state index in [9.17, 15) is 20.3 Å². The number of aliphatic hydroxyl groups is 2. The number of hydrogen-bond acceptors (Lipinski definition) is 5. The lowest BCUT2D eigenvalue weighted by Crippen LogP contribution is -2.22. The molecular formula is C11H16N2O4. The fraction of sp³-hybridized carbons (Fsp3) is 0.455. The van der Waals surface area contributed by atoms with Crippen molar-refractivity contribution in [3.63, 3.8) is 0 Å². The van der Waals surface area contributed by atoms with Crippen LogP contribution in [0.3, 0.4) is 0 Å². The van der Waals surface area contributed by atoms with Crippen LogP contribution < -0.4 is 5.73 Å². The van der Waals surface area contributed by atoms with Gasteiger partial charge in [-0.2, -0.15) is 0 Å². The molecular weight excluding hydrogens is 224 g/mol. The van der Waals surface area contributed by atoms with Gasteiger partial charge in [-0.05, 0) is 26.0 Å². The normalized spacial score (nSPS) is 14.4. The van der Waals surface area contributed by atoms with Crippen molar-refractivity contribution in [1.29, 1.82) is 0 Å². The van der Waals surface area contributed by atoms with Gasteiger partial charge in [0.15, 0.2) is 0 Å². The van der Waals surface area contributed by atoms with Gasteiger partial charge in [0.1, 0.15) is 6.10 Å². The lowest BCUT2D eigenvalue weighted by atomic mass is 9.98. The minimum atomic E-state index is -1.29. The lowest BCUT2D eigenvalue weighted by molar-refractivity contribution is -0.386. The Morgan fingerprint density at radius 3 is 2.65 bits per heavy atom. The number of nitrogens with zero attached hydrogens (tertiary/aromatic N) is 1. The smallest absolute Gasteiger partial charge is 0.278 e. The maximum Gasteiger partial charge on any atom is 0.278 e. The topological polar surface area (TPSA) is 110 Å². The number of nitro benzene ring substituents is 1. The van der Waals surface area contributed by atoms with Crippen molar-refractivity contribution in [2.75, 3.05) is 6.54 Å². The zero-order chi connectivity index (χ0) is 13.0. The van der Waals surface area contributed by atoms with Gasteiger partial charge in [0.05, 0.1) is 16.6 Å². The molecule has 1 rings (SSSR count). The van der Waals surface area contributed by atoms with Crippen LogP contribution in [0.25, 0.3) is 0 Å². The largest absolute Gasteiger partial charge is 0.390 e. The number of aryl methyl sites for hydroxylation is 1. The molecule has 0 radical (unpaired) electrons. The van der Waals surface area contributed by atoms with E-state index in [0.717, 1.165) is 0 Å². The first-order valence-electron chi connectivity index (χ1n) is 5.29. The highest BCUT2D eigenvalue weighted by Gasteiger charge is 2.27. The van der Waals surface area contributed by atoms with Gasteiger partial charge < -0.3 is 15.9 Å². The summed E-state index contributed by atoms with van der Waals surface area (Å²) >= 11 is 0. The summed E-state index contributed by atoms with van der Waals surface area (Å²) in [6, 6.07) is 4.63. The Balaban J connectivity index is 3.13. The number of hydrogen-bond donors (Lipinski definition) is 3. The average molecular weight is 240 g/mol. The van der Waals surface area contributed by atoms with Crippen LogP contribution in [0.15, 0.2) is 18.2 Å². The number of para-hydroxylation sites is 1. The van der Waals surface area contributed by atoms with Crippen molar-refractivity contribution in [3.8, 4) is 0 Å². The number of nitro groups is 1. The maximum atomic E-state index is 10.9. The van der Waals surface area contributed by atoms with Crippen LogP contribution in [0, 0.1) is 17.0 Å². The summed E-state index contributed by atoms with van der Waals surface area (Å²) in [6.45, 7) is 1.79. The minimum Gasteiger partial charge on any atom is -0.390 e. The van der Waals surface area contributed by atoms with Crippen molar-refractivity contribution in [1.82, 2.24) is 0 Å². The van der Waals surface area contributed by atoms with Crippen molar-refractivity contribution in [2.45, 2.75) is 25.6 Å². The molecule has 0 saturated heterocycles. The number of rotatable bonds is 5. The third kappa shape index (κ3) is 3.00. The molecule has 0 saturated carbocycles. The molecule has 1 aromatic rings. The molecule has 17 heavy (non-hydrogen) atoms. The van der Waals surface area contributed by atoms with E-state index in [2.05, 4.69) is 0 Å². The number of nitrogens with two attached hydrogens (primary N) is 1. The summed E-state index contributed by atoms with van der Waals surface area (Å²) in [5.74, 6) is 0. The second-order valence-corrected chi connectivity index (χ2v) is 3.86. The summed E-state index contributed by atoms with van der Waals surface area (Å²) in [7, 11) is 0. The molecule has 0 aliphatic carbocycles. The van der Waals surface area contributed by atoms with Gasteiger partial charge in [-0.15, -0.1) is 0 Å². The molecule has 0 aliphatic heterocycles. The minimum absolute atomic E-state index is 0.121. The molecule has 0 bridgehead atoms. The predicted molar refractivity (Wildman–Crippen MR) is 62.5 cm³/mol. The molecule has 4 N–H and O–H groups in total. The number of benzene rings is 1. The quantitative estimate of drug-likeness (QED) is 0.517. The third-order valence-electron chi connectivity index (χ3n) is 2.60. The summed E-state index contributed by atoms with van der Waals surface area (Å²) in [5.41, 5.74) is 5.68. The van der Waals surface area contributed by atoms with Gasteiger partial charge in [0.25, 0.3) is 5.69 Å². The summed E-state index contributed by atoms with van der Waals surface area (Å²) in [4.78, 5) is 10.4. The molecule has 6 nitrogen and oxygen atoms in total. The Kier molecular flexibility index (Phi) is 4.56. The first-order chi connectivity index (χ1) is 7.99. The molecule has 0 heterocycles. The first kappa shape index (κ1) is 13.6. The molecule has 6 heteroatoms. The highest BCUT2D eigenvalue weighted by atomic mass is 16.6. The van der Waals surface area contributed by atoms with Gasteiger partial charge in [-0.25, -0.2) is 0 Å². The van der Waals surface area contributed by atoms with Crippen LogP contribution in [0.4, 0.5) is 5.69 Å². The molecule has 2 unspecified atom stereocenters. The van der Waals surface area contributed by atoms with E-state index in [1.165, 1.54) is 6.07 Å². The molecule has 0 aliphatic rings. The monoisotopic (exact) mass is 240 g/mol. The highest BCUT2D eigenvalue weighted by Crippen LogP contribution is 2.30. The first-order valence-corrected chi connectivity index (χ1v) is 5.29. The standard InChI is InChI=1S/C11H16N2O4/c1-7-3-2-4-8(10(7)13(16)17)11(15)9(14)5-6-12/h2-4,9,11,14-15H,5-6,12H2,1H3. The van der Waals surface area contributed by atoms with Crippen molar-refractivity contribution < 1.29 is 15.1 Å². The van der Waals surface area contributed by atoms with Crippen LogP contribution in [-0.4, -0.2) is 27.8 Å². The molecule has 2 atom stereocenters. The van der Waals surface area contributed by atoms with E-state index >= 15 is 0 Å². The lowest BCUT2D eigenvalue weighted by Gasteiger charge is -2.17. The van der Waals surface area contributed by atoms with Gasteiger partial charge in [0.2, 0.25) is 0 Å². The van der Waals surface area contributed by atoms with Crippen molar-refractivity contribution in [3.05, 3.63) is 39.4 Å². The van der Waals surface area contributed by atoms with Crippen molar-refractivity contribution in [2.24, 2.45) is 5.73 Å². The Morgan fingerprint density at radius 2 is 2.12 bits per heavy atom. The Morgan fingerprint density at radius 1 is 1.47 bits per heavy atom. The second kappa shape index (κ2) is 5.72. The van der Waals surface area contributed by atoms with Gasteiger partial charge in [0, 0.05) is 5.56 Å². The van der Waals surface area contributed by atoms with Crippen LogP contribution >= 0.6 is 0 Å². The van der Waals surface area contributed by atoms with Gasteiger partial charge in [-0.1, -0.05) is 12.1 Å². The van der Waals surface area contributed by atoms with E-state index in [1.807, 2.05) is 0 Å². The fourth-order valence-corrected chi connectivity index (χ4v) is 1.71. The summed E-state index contributed by atoms with van der Waals surface area (Å²) < 4.78 is 0. The highest BCUT2D eigenvalue weighted by molar-refractivity contribution is 5.48.